The number of amides is 1. The maximum absolute atomic E-state index is 13.7. The topological polar surface area (TPSA) is 73.2 Å². The van der Waals surface area contributed by atoms with Gasteiger partial charge < -0.3 is 10.1 Å². The van der Waals surface area contributed by atoms with Gasteiger partial charge in [-0.1, -0.05) is 30.8 Å². The molecular formula is C18H20FN3O3S2. The zero-order chi connectivity index (χ0) is 19.4. The lowest BCUT2D eigenvalue weighted by atomic mass is 10.2. The number of anilines is 1. The third-order valence-electron chi connectivity index (χ3n) is 3.96. The van der Waals surface area contributed by atoms with Crippen LogP contribution < -0.4 is 10.9 Å². The lowest BCUT2D eigenvalue weighted by molar-refractivity contribution is -0.113. The molecule has 0 fully saturated rings. The molecule has 0 bridgehead atoms. The Morgan fingerprint density at radius 2 is 2.26 bits per heavy atom. The van der Waals surface area contributed by atoms with E-state index in [0.29, 0.717) is 28.5 Å². The SMILES string of the molecule is COCCn1c(SCC(=O)Nc2ccccc2F)nc2c(c1=O)S[C@@H](C)C2. The molecular weight excluding hydrogens is 389 g/mol. The van der Waals surface area contributed by atoms with Crippen LogP contribution in [-0.2, 0) is 22.5 Å². The number of fused-ring (bicyclic) bond motifs is 1. The molecule has 1 aromatic heterocycles. The highest BCUT2D eigenvalue weighted by Crippen LogP contribution is 2.34. The number of ether oxygens (including phenoxy) is 1. The summed E-state index contributed by atoms with van der Waals surface area (Å²) in [5.74, 6) is -0.828. The zero-order valence-corrected chi connectivity index (χ0v) is 16.7. The van der Waals surface area contributed by atoms with Crippen LogP contribution in [0.25, 0.3) is 0 Å². The van der Waals surface area contributed by atoms with Crippen molar-refractivity contribution in [1.29, 1.82) is 0 Å². The number of carbonyl (C=O) groups excluding carboxylic acids is 1. The Morgan fingerprint density at radius 1 is 1.48 bits per heavy atom. The van der Waals surface area contributed by atoms with E-state index in [1.54, 1.807) is 23.8 Å². The molecule has 0 aliphatic carbocycles. The van der Waals surface area contributed by atoms with Crippen molar-refractivity contribution in [2.24, 2.45) is 0 Å². The van der Waals surface area contributed by atoms with Crippen LogP contribution in [0.1, 0.15) is 12.6 Å². The largest absolute Gasteiger partial charge is 0.383 e. The lowest BCUT2D eigenvalue weighted by Crippen LogP contribution is -2.27. The molecule has 1 aliphatic heterocycles. The minimum Gasteiger partial charge on any atom is -0.383 e. The van der Waals surface area contributed by atoms with Crippen molar-refractivity contribution in [3.8, 4) is 0 Å². The number of para-hydroxylation sites is 1. The van der Waals surface area contributed by atoms with Crippen molar-refractivity contribution in [2.75, 3.05) is 24.8 Å². The van der Waals surface area contributed by atoms with E-state index in [-0.39, 0.29) is 22.9 Å². The number of aromatic nitrogens is 2. The van der Waals surface area contributed by atoms with Gasteiger partial charge in [-0.15, -0.1) is 11.8 Å². The fourth-order valence-electron chi connectivity index (χ4n) is 2.70. The molecule has 1 N–H and O–H groups in total. The molecule has 144 valence electrons. The standard InChI is InChI=1S/C18H20FN3O3S2/c1-11-9-14-16(27-11)17(24)22(7-8-25-2)18(21-14)26-10-15(23)20-13-6-4-3-5-12(13)19/h3-6,11H,7-10H2,1-2H3,(H,20,23)/t11-/m0/s1. The van der Waals surface area contributed by atoms with Crippen LogP contribution >= 0.6 is 23.5 Å². The quantitative estimate of drug-likeness (QED) is 0.560. The number of benzene rings is 1. The Kier molecular flexibility index (Phi) is 6.56. The van der Waals surface area contributed by atoms with Gasteiger partial charge in [-0.2, -0.15) is 0 Å². The van der Waals surface area contributed by atoms with E-state index in [4.69, 9.17) is 4.74 Å². The van der Waals surface area contributed by atoms with Gasteiger partial charge in [0.05, 0.1) is 35.2 Å². The second kappa shape index (κ2) is 8.90. The van der Waals surface area contributed by atoms with Crippen LogP contribution in [0, 0.1) is 5.82 Å². The van der Waals surface area contributed by atoms with E-state index in [2.05, 4.69) is 17.2 Å². The molecule has 1 aromatic carbocycles. The van der Waals surface area contributed by atoms with Crippen LogP contribution in [0.3, 0.4) is 0 Å². The summed E-state index contributed by atoms with van der Waals surface area (Å²) in [6.07, 6.45) is 0.731. The van der Waals surface area contributed by atoms with Gasteiger partial charge in [-0.05, 0) is 12.1 Å². The highest BCUT2D eigenvalue weighted by molar-refractivity contribution is 8.00. The third kappa shape index (κ3) is 4.72. The van der Waals surface area contributed by atoms with Crippen LogP contribution in [0.2, 0.25) is 0 Å². The summed E-state index contributed by atoms with van der Waals surface area (Å²) >= 11 is 2.70. The fourth-order valence-corrected chi connectivity index (χ4v) is 4.66. The molecule has 1 amide bonds. The van der Waals surface area contributed by atoms with E-state index in [0.717, 1.165) is 23.9 Å². The maximum Gasteiger partial charge on any atom is 0.268 e. The number of rotatable bonds is 7. The summed E-state index contributed by atoms with van der Waals surface area (Å²) in [4.78, 5) is 30.3. The number of halogens is 1. The van der Waals surface area contributed by atoms with Gasteiger partial charge in [0, 0.05) is 18.8 Å². The summed E-state index contributed by atoms with van der Waals surface area (Å²) in [6, 6.07) is 5.99. The molecule has 0 spiro atoms. The van der Waals surface area contributed by atoms with Gasteiger partial charge in [0.1, 0.15) is 5.82 Å². The second-order valence-electron chi connectivity index (χ2n) is 6.07. The Bertz CT molecular complexity index is 904. The number of methoxy groups -OCH3 is 1. The number of thioether (sulfide) groups is 2. The zero-order valence-electron chi connectivity index (χ0n) is 15.0. The monoisotopic (exact) mass is 409 g/mol. The van der Waals surface area contributed by atoms with E-state index in [1.807, 2.05) is 0 Å². The lowest BCUT2D eigenvalue weighted by Gasteiger charge is -2.13. The van der Waals surface area contributed by atoms with Gasteiger partial charge >= 0.3 is 0 Å². The Morgan fingerprint density at radius 3 is 3.00 bits per heavy atom. The minimum atomic E-state index is -0.491. The summed E-state index contributed by atoms with van der Waals surface area (Å²) in [6.45, 7) is 2.79. The predicted molar refractivity (Wildman–Crippen MR) is 105 cm³/mol. The first-order valence-electron chi connectivity index (χ1n) is 8.46. The molecule has 1 aliphatic rings. The molecule has 2 aromatic rings. The summed E-state index contributed by atoms with van der Waals surface area (Å²) in [5.41, 5.74) is 0.818. The highest BCUT2D eigenvalue weighted by atomic mass is 32.2. The first-order chi connectivity index (χ1) is 13.0. The number of carbonyl (C=O) groups is 1. The normalized spacial score (nSPS) is 15.6. The van der Waals surface area contributed by atoms with Crippen LogP contribution in [0.15, 0.2) is 39.1 Å². The molecule has 0 saturated heterocycles. The average molecular weight is 410 g/mol. The number of hydrogen-bond donors (Lipinski definition) is 1. The molecule has 3 rings (SSSR count). The molecule has 9 heteroatoms. The van der Waals surface area contributed by atoms with Crippen molar-refractivity contribution < 1.29 is 13.9 Å². The van der Waals surface area contributed by atoms with Gasteiger partial charge in [0.15, 0.2) is 5.16 Å². The molecule has 1 atom stereocenters. The van der Waals surface area contributed by atoms with Gasteiger partial charge in [0.2, 0.25) is 5.91 Å². The fraction of sp³-hybridized carbons (Fsp3) is 0.389. The van der Waals surface area contributed by atoms with Crippen LogP contribution in [0.4, 0.5) is 10.1 Å². The van der Waals surface area contributed by atoms with Gasteiger partial charge in [-0.25, -0.2) is 9.37 Å². The molecule has 27 heavy (non-hydrogen) atoms. The summed E-state index contributed by atoms with van der Waals surface area (Å²) in [5, 5.41) is 3.33. The van der Waals surface area contributed by atoms with E-state index in [9.17, 15) is 14.0 Å². The van der Waals surface area contributed by atoms with Gasteiger partial charge in [0.25, 0.3) is 5.56 Å². The first-order valence-corrected chi connectivity index (χ1v) is 10.3. The summed E-state index contributed by atoms with van der Waals surface area (Å²) < 4.78 is 20.3. The van der Waals surface area contributed by atoms with E-state index in [1.165, 1.54) is 23.9 Å². The van der Waals surface area contributed by atoms with E-state index < -0.39 is 5.82 Å². The van der Waals surface area contributed by atoms with Crippen molar-refractivity contribution in [2.45, 2.75) is 35.2 Å². The Labute approximate surface area is 164 Å². The second-order valence-corrected chi connectivity index (χ2v) is 8.46. The van der Waals surface area contributed by atoms with E-state index >= 15 is 0 Å². The predicted octanol–water partition coefficient (Wildman–Crippen LogP) is 2.80. The maximum atomic E-state index is 13.7. The number of hydrogen-bond acceptors (Lipinski definition) is 6. The Balaban J connectivity index is 1.76. The molecule has 0 radical (unpaired) electrons. The summed E-state index contributed by atoms with van der Waals surface area (Å²) in [7, 11) is 1.57. The third-order valence-corrected chi connectivity index (χ3v) is 6.15. The van der Waals surface area contributed by atoms with Gasteiger partial charge in [-0.3, -0.25) is 14.2 Å². The molecule has 2 heterocycles. The van der Waals surface area contributed by atoms with Crippen molar-refractivity contribution in [3.05, 3.63) is 46.1 Å². The average Bonchev–Trinajstić information content (AvgIpc) is 3.02. The van der Waals surface area contributed by atoms with Crippen molar-refractivity contribution >= 4 is 35.1 Å². The molecule has 0 unspecified atom stereocenters. The number of nitrogens with zero attached hydrogens (tertiary/aromatic N) is 2. The first kappa shape index (κ1) is 19.9. The molecule has 6 nitrogen and oxygen atoms in total. The van der Waals surface area contributed by atoms with Crippen LogP contribution in [-0.4, -0.2) is 40.2 Å². The number of nitrogens with one attached hydrogen (secondary N) is 1. The van der Waals surface area contributed by atoms with Crippen LogP contribution in [0.5, 0.6) is 0 Å². The van der Waals surface area contributed by atoms with Crippen molar-refractivity contribution in [3.63, 3.8) is 0 Å². The highest BCUT2D eigenvalue weighted by Gasteiger charge is 2.26. The smallest absolute Gasteiger partial charge is 0.268 e. The Hall–Kier alpha value is -1.84. The minimum absolute atomic E-state index is 0.0231. The van der Waals surface area contributed by atoms with Crippen molar-refractivity contribution in [1.82, 2.24) is 9.55 Å². The molecule has 0 saturated carbocycles.